The number of nitrogens with zero attached hydrogens (tertiary/aromatic N) is 2. The molecule has 0 saturated carbocycles. The maximum absolute atomic E-state index is 12.7. The summed E-state index contributed by atoms with van der Waals surface area (Å²) in [5, 5.41) is 0. The number of carbonyl (C=O) groups excluding carboxylic acids is 2. The van der Waals surface area contributed by atoms with Crippen LogP contribution in [0, 0.1) is 6.92 Å². The number of hydrogen-bond donors (Lipinski definition) is 0. The second-order valence-corrected chi connectivity index (χ2v) is 7.09. The zero-order valence-electron chi connectivity index (χ0n) is 13.3. The number of likely N-dealkylation sites (tertiary alicyclic amines) is 1. The predicted octanol–water partition coefficient (Wildman–Crippen LogP) is 2.70. The molecule has 1 aromatic heterocycles. The molecule has 0 aliphatic carbocycles. The summed E-state index contributed by atoms with van der Waals surface area (Å²) >= 11 is 1.56. The van der Waals surface area contributed by atoms with Gasteiger partial charge in [-0.15, -0.1) is 11.3 Å². The lowest BCUT2D eigenvalue weighted by Crippen LogP contribution is -2.45. The van der Waals surface area contributed by atoms with Crippen LogP contribution in [-0.2, 0) is 11.2 Å². The van der Waals surface area contributed by atoms with Crippen molar-refractivity contribution in [2.75, 3.05) is 20.6 Å². The van der Waals surface area contributed by atoms with E-state index in [1.807, 2.05) is 6.07 Å². The predicted molar refractivity (Wildman–Crippen MR) is 85.8 cm³/mol. The molecule has 1 aromatic rings. The fraction of sp³-hybridized carbons (Fsp3) is 0.625. The largest absolute Gasteiger partial charge is 0.347 e. The van der Waals surface area contributed by atoms with Gasteiger partial charge in [-0.25, -0.2) is 0 Å². The second-order valence-electron chi connectivity index (χ2n) is 5.83. The van der Waals surface area contributed by atoms with E-state index >= 15 is 0 Å². The molecule has 4 nitrogen and oxygen atoms in total. The summed E-state index contributed by atoms with van der Waals surface area (Å²) in [6.07, 6.45) is 3.77. The molecule has 21 heavy (non-hydrogen) atoms. The number of hydrogen-bond acceptors (Lipinski definition) is 3. The minimum absolute atomic E-state index is 0.0168. The maximum Gasteiger partial charge on any atom is 0.264 e. The molecule has 0 aromatic carbocycles. The highest BCUT2D eigenvalue weighted by atomic mass is 32.1. The van der Waals surface area contributed by atoms with Gasteiger partial charge in [0.05, 0.1) is 4.88 Å². The number of carbonyl (C=O) groups is 2. The van der Waals surface area contributed by atoms with Gasteiger partial charge in [0.2, 0.25) is 5.91 Å². The molecular weight excluding hydrogens is 284 g/mol. The number of likely N-dealkylation sites (N-methyl/N-ethyl adjacent to an activating group) is 1. The molecule has 1 unspecified atom stereocenters. The smallest absolute Gasteiger partial charge is 0.264 e. The van der Waals surface area contributed by atoms with E-state index in [1.165, 1.54) is 10.4 Å². The zero-order valence-corrected chi connectivity index (χ0v) is 14.1. The number of aryl methyl sites for hydroxylation is 2. The highest BCUT2D eigenvalue weighted by Gasteiger charge is 2.35. The van der Waals surface area contributed by atoms with E-state index in [0.717, 1.165) is 30.6 Å². The van der Waals surface area contributed by atoms with Crippen LogP contribution >= 0.6 is 11.3 Å². The average molecular weight is 308 g/mol. The van der Waals surface area contributed by atoms with Gasteiger partial charge in [0, 0.05) is 25.5 Å². The minimum atomic E-state index is -0.287. The Hall–Kier alpha value is -1.36. The van der Waals surface area contributed by atoms with Crippen LogP contribution in [0.25, 0.3) is 0 Å². The third-order valence-electron chi connectivity index (χ3n) is 3.99. The lowest BCUT2D eigenvalue weighted by Gasteiger charge is -2.25. The molecule has 1 fully saturated rings. The van der Waals surface area contributed by atoms with Crippen LogP contribution in [0.2, 0.25) is 0 Å². The van der Waals surface area contributed by atoms with Gasteiger partial charge >= 0.3 is 0 Å². The van der Waals surface area contributed by atoms with E-state index in [-0.39, 0.29) is 17.9 Å². The molecule has 0 radical (unpaired) electrons. The van der Waals surface area contributed by atoms with E-state index in [2.05, 4.69) is 13.8 Å². The average Bonchev–Trinajstić information content (AvgIpc) is 3.05. The van der Waals surface area contributed by atoms with E-state index in [1.54, 1.807) is 35.2 Å². The van der Waals surface area contributed by atoms with Crippen molar-refractivity contribution in [2.45, 2.75) is 45.6 Å². The van der Waals surface area contributed by atoms with Gasteiger partial charge in [-0.3, -0.25) is 9.59 Å². The first-order valence-corrected chi connectivity index (χ1v) is 8.38. The highest BCUT2D eigenvalue weighted by molar-refractivity contribution is 7.14. The van der Waals surface area contributed by atoms with E-state index in [0.29, 0.717) is 6.54 Å². The summed E-state index contributed by atoms with van der Waals surface area (Å²) in [7, 11) is 3.50. The van der Waals surface area contributed by atoms with Crippen molar-refractivity contribution >= 4 is 23.2 Å². The Balaban J connectivity index is 2.18. The fourth-order valence-corrected chi connectivity index (χ4v) is 3.88. The Bertz CT molecular complexity index is 536. The second kappa shape index (κ2) is 6.60. The topological polar surface area (TPSA) is 40.6 Å². The molecule has 116 valence electrons. The number of rotatable bonds is 4. The fourth-order valence-electron chi connectivity index (χ4n) is 2.85. The van der Waals surface area contributed by atoms with Crippen molar-refractivity contribution in [3.8, 4) is 0 Å². The van der Waals surface area contributed by atoms with Crippen LogP contribution in [0.4, 0.5) is 0 Å². The summed E-state index contributed by atoms with van der Waals surface area (Å²) in [6.45, 7) is 4.90. The van der Waals surface area contributed by atoms with Gasteiger partial charge in [0.25, 0.3) is 5.91 Å². The summed E-state index contributed by atoms with van der Waals surface area (Å²) in [5.41, 5.74) is 1.26. The molecule has 0 N–H and O–H groups in total. The standard InChI is InChI=1S/C16H24N2O2S/c1-5-7-12-10-14(21-11(12)2)16(20)18-9-6-8-13(18)15(19)17(3)4/h10,13H,5-9H2,1-4H3. The van der Waals surface area contributed by atoms with Crippen molar-refractivity contribution in [2.24, 2.45) is 0 Å². The first-order chi connectivity index (χ1) is 9.95. The Morgan fingerprint density at radius 3 is 2.76 bits per heavy atom. The van der Waals surface area contributed by atoms with Crippen LogP contribution in [0.3, 0.4) is 0 Å². The highest BCUT2D eigenvalue weighted by Crippen LogP contribution is 2.27. The molecule has 0 spiro atoms. The van der Waals surface area contributed by atoms with Crippen LogP contribution in [0.15, 0.2) is 6.07 Å². The van der Waals surface area contributed by atoms with Crippen LogP contribution in [-0.4, -0.2) is 48.3 Å². The summed E-state index contributed by atoms with van der Waals surface area (Å²) in [4.78, 5) is 30.2. The number of amides is 2. The van der Waals surface area contributed by atoms with Crippen molar-refractivity contribution in [1.82, 2.24) is 9.80 Å². The Labute approximate surface area is 130 Å². The van der Waals surface area contributed by atoms with E-state index in [4.69, 9.17) is 0 Å². The van der Waals surface area contributed by atoms with Crippen LogP contribution in [0.5, 0.6) is 0 Å². The van der Waals surface area contributed by atoms with Crippen molar-refractivity contribution < 1.29 is 9.59 Å². The van der Waals surface area contributed by atoms with Crippen molar-refractivity contribution in [3.63, 3.8) is 0 Å². The quantitative estimate of drug-likeness (QED) is 0.858. The maximum atomic E-state index is 12.7. The molecule has 1 aliphatic heterocycles. The molecule has 5 heteroatoms. The van der Waals surface area contributed by atoms with Crippen molar-refractivity contribution in [1.29, 1.82) is 0 Å². The molecular formula is C16H24N2O2S. The lowest BCUT2D eigenvalue weighted by molar-refractivity contribution is -0.132. The van der Waals surface area contributed by atoms with Gasteiger partial charge < -0.3 is 9.80 Å². The third-order valence-corrected chi connectivity index (χ3v) is 5.07. The Morgan fingerprint density at radius 1 is 1.43 bits per heavy atom. The monoisotopic (exact) mass is 308 g/mol. The van der Waals surface area contributed by atoms with Gasteiger partial charge in [-0.2, -0.15) is 0 Å². The van der Waals surface area contributed by atoms with Crippen LogP contribution in [0.1, 0.15) is 46.3 Å². The first kappa shape index (κ1) is 16.0. The Kier molecular flexibility index (Phi) is 5.04. The van der Waals surface area contributed by atoms with Crippen LogP contribution < -0.4 is 0 Å². The van der Waals surface area contributed by atoms with Gasteiger partial charge in [-0.05, 0) is 37.8 Å². The lowest BCUT2D eigenvalue weighted by atomic mass is 10.1. The van der Waals surface area contributed by atoms with E-state index in [9.17, 15) is 9.59 Å². The normalized spacial score (nSPS) is 18.1. The minimum Gasteiger partial charge on any atom is -0.347 e. The molecule has 2 heterocycles. The third kappa shape index (κ3) is 3.28. The van der Waals surface area contributed by atoms with Gasteiger partial charge in [0.1, 0.15) is 6.04 Å². The Morgan fingerprint density at radius 2 is 2.14 bits per heavy atom. The molecule has 0 bridgehead atoms. The van der Waals surface area contributed by atoms with Gasteiger partial charge in [0.15, 0.2) is 0 Å². The summed E-state index contributed by atoms with van der Waals surface area (Å²) in [5.74, 6) is 0.0473. The summed E-state index contributed by atoms with van der Waals surface area (Å²) in [6, 6.07) is 1.73. The molecule has 1 saturated heterocycles. The number of thiophene rings is 1. The SMILES string of the molecule is CCCc1cc(C(=O)N2CCCC2C(=O)N(C)C)sc1C. The molecule has 2 rings (SSSR count). The zero-order chi connectivity index (χ0) is 15.6. The van der Waals surface area contributed by atoms with Gasteiger partial charge in [-0.1, -0.05) is 13.3 Å². The molecule has 2 amide bonds. The van der Waals surface area contributed by atoms with E-state index < -0.39 is 0 Å². The summed E-state index contributed by atoms with van der Waals surface area (Å²) < 4.78 is 0. The first-order valence-electron chi connectivity index (χ1n) is 7.57. The molecule has 1 atom stereocenters. The molecule has 1 aliphatic rings. The van der Waals surface area contributed by atoms with Crippen molar-refractivity contribution in [3.05, 3.63) is 21.4 Å².